The summed E-state index contributed by atoms with van der Waals surface area (Å²) in [4.78, 5) is 0. The highest BCUT2D eigenvalue weighted by Gasteiger charge is 2.13. The predicted molar refractivity (Wildman–Crippen MR) is 55.5 cm³/mol. The number of nitrogens with two attached hydrogens (primary N) is 1. The average Bonchev–Trinajstić information content (AvgIpc) is 2.09. The van der Waals surface area contributed by atoms with E-state index in [-0.39, 0.29) is 29.0 Å². The maximum Gasteiger partial charge on any atom is 0.104 e. The number of halogens is 5. The molecule has 0 saturated heterocycles. The van der Waals surface area contributed by atoms with Crippen molar-refractivity contribution in [2.75, 3.05) is 0 Å². The van der Waals surface area contributed by atoms with Gasteiger partial charge in [0.2, 0.25) is 0 Å². The summed E-state index contributed by atoms with van der Waals surface area (Å²) in [6.45, 7) is 0.109. The minimum absolute atomic E-state index is 0. The standard InChI is InChI=1S/C7H5Cl4NO.ClH/c8-4-1-5(9)7(11)3(2-12-13)6(4)10;/h1H,2,12H2;1H/p-1. The Bertz CT molecular complexity index is 304. The minimum Gasteiger partial charge on any atom is -1.00 e. The van der Waals surface area contributed by atoms with Gasteiger partial charge in [-0.15, -0.1) is 0 Å². The van der Waals surface area contributed by atoms with Crippen molar-refractivity contribution in [3.63, 3.8) is 0 Å². The van der Waals surface area contributed by atoms with Crippen LogP contribution in [0.4, 0.5) is 0 Å². The molecule has 0 saturated carbocycles. The van der Waals surface area contributed by atoms with E-state index in [9.17, 15) is 5.21 Å². The summed E-state index contributed by atoms with van der Waals surface area (Å²) in [5, 5.41) is 11.5. The van der Waals surface area contributed by atoms with Crippen LogP contribution in [0.1, 0.15) is 5.56 Å². The van der Waals surface area contributed by atoms with Crippen molar-refractivity contribution in [2.45, 2.75) is 6.54 Å². The van der Waals surface area contributed by atoms with Crippen molar-refractivity contribution in [1.29, 1.82) is 0 Å². The van der Waals surface area contributed by atoms with Crippen LogP contribution < -0.4 is 17.9 Å². The van der Waals surface area contributed by atoms with Gasteiger partial charge in [-0.05, 0) is 6.07 Å². The summed E-state index contributed by atoms with van der Waals surface area (Å²) in [6.07, 6.45) is 0. The van der Waals surface area contributed by atoms with E-state index in [2.05, 4.69) is 0 Å². The van der Waals surface area contributed by atoms with Gasteiger partial charge in [0.25, 0.3) is 0 Å². The van der Waals surface area contributed by atoms with E-state index in [0.717, 1.165) is 0 Å². The maximum absolute atomic E-state index is 10.3. The van der Waals surface area contributed by atoms with E-state index in [4.69, 9.17) is 46.4 Å². The average molecular weight is 296 g/mol. The molecule has 7 heteroatoms. The molecule has 14 heavy (non-hydrogen) atoms. The van der Waals surface area contributed by atoms with Crippen LogP contribution >= 0.6 is 46.4 Å². The zero-order chi connectivity index (χ0) is 10.0. The molecule has 0 unspecified atom stereocenters. The topological polar surface area (TPSA) is 39.7 Å². The van der Waals surface area contributed by atoms with E-state index in [1.165, 1.54) is 6.07 Å². The van der Waals surface area contributed by atoms with Crippen LogP contribution in [0.3, 0.4) is 0 Å². The molecule has 0 aromatic heterocycles. The Morgan fingerprint density at radius 3 is 1.86 bits per heavy atom. The second kappa shape index (κ2) is 6.23. The summed E-state index contributed by atoms with van der Waals surface area (Å²) in [5.41, 5.74) is 1.16. The first-order valence-electron chi connectivity index (χ1n) is 3.33. The number of hydroxylamine groups is 1. The first-order chi connectivity index (χ1) is 6.07. The van der Waals surface area contributed by atoms with Crippen molar-refractivity contribution in [3.8, 4) is 0 Å². The number of quaternary nitrogens is 1. The fraction of sp³-hybridized carbons (Fsp3) is 0.143. The molecule has 2 nitrogen and oxygen atoms in total. The molecule has 0 bridgehead atoms. The normalized spacial score (nSPS) is 9.79. The van der Waals surface area contributed by atoms with Crippen LogP contribution in [-0.2, 0) is 6.54 Å². The second-order valence-corrected chi connectivity index (χ2v) is 3.89. The lowest BCUT2D eigenvalue weighted by atomic mass is 10.2. The van der Waals surface area contributed by atoms with Gasteiger partial charge in [0.05, 0.1) is 20.1 Å². The van der Waals surface area contributed by atoms with Gasteiger partial charge in [0, 0.05) is 5.56 Å². The van der Waals surface area contributed by atoms with Crippen LogP contribution in [0.5, 0.6) is 0 Å². The van der Waals surface area contributed by atoms with E-state index < -0.39 is 0 Å². The van der Waals surface area contributed by atoms with Crippen LogP contribution in [0.2, 0.25) is 20.1 Å². The third-order valence-electron chi connectivity index (χ3n) is 1.49. The number of rotatable bonds is 2. The molecule has 0 heterocycles. The molecule has 0 atom stereocenters. The first-order valence-corrected chi connectivity index (χ1v) is 4.84. The molecule has 2 N–H and O–H groups in total. The molecule has 1 aromatic carbocycles. The molecule has 0 spiro atoms. The van der Waals surface area contributed by atoms with Crippen molar-refractivity contribution in [1.82, 2.24) is 0 Å². The lowest BCUT2D eigenvalue weighted by molar-refractivity contribution is -0.605. The van der Waals surface area contributed by atoms with Gasteiger partial charge in [-0.1, -0.05) is 46.4 Å². The third-order valence-corrected chi connectivity index (χ3v) is 3.14. The third kappa shape index (κ3) is 3.04. The Kier molecular flexibility index (Phi) is 6.50. The molecule has 1 aromatic rings. The summed E-state index contributed by atoms with van der Waals surface area (Å²) in [7, 11) is 0. The summed E-state index contributed by atoms with van der Waals surface area (Å²) < 4.78 is 0. The van der Waals surface area contributed by atoms with E-state index >= 15 is 0 Å². The van der Waals surface area contributed by atoms with Crippen LogP contribution in [0.15, 0.2) is 6.07 Å². The Morgan fingerprint density at radius 2 is 1.50 bits per heavy atom. The van der Waals surface area contributed by atoms with Crippen molar-refractivity contribution in [3.05, 3.63) is 36.9 Å². The molecule has 0 aliphatic heterocycles. The fourth-order valence-electron chi connectivity index (χ4n) is 0.885. The molecule has 0 amide bonds. The van der Waals surface area contributed by atoms with Gasteiger partial charge in [0.15, 0.2) is 0 Å². The quantitative estimate of drug-likeness (QED) is 0.599. The van der Waals surface area contributed by atoms with Crippen molar-refractivity contribution < 1.29 is 17.9 Å². The minimum atomic E-state index is 0. The lowest BCUT2D eigenvalue weighted by Crippen LogP contribution is -3.00. The zero-order valence-electron chi connectivity index (χ0n) is 6.66. The molecule has 0 radical (unpaired) electrons. The predicted octanol–water partition coefficient (Wildman–Crippen LogP) is -0.135. The Labute approximate surface area is 107 Å². The molecule has 1 rings (SSSR count). The van der Waals surface area contributed by atoms with Gasteiger partial charge in [-0.25, -0.2) is 0 Å². The Balaban J connectivity index is 0.00000169. The molecular formula is C7H5Cl5NO-. The lowest BCUT2D eigenvalue weighted by Gasteiger charge is -2.09. The van der Waals surface area contributed by atoms with Crippen LogP contribution in [0, 0.1) is 5.21 Å². The number of hydrogen-bond donors (Lipinski definition) is 1. The second-order valence-electron chi connectivity index (χ2n) is 2.32. The molecule has 0 aliphatic carbocycles. The molecular weight excluding hydrogens is 291 g/mol. The fourth-order valence-corrected chi connectivity index (χ4v) is 1.89. The van der Waals surface area contributed by atoms with Crippen LogP contribution in [-0.4, -0.2) is 0 Å². The highest BCUT2D eigenvalue weighted by molar-refractivity contribution is 6.47. The van der Waals surface area contributed by atoms with Crippen molar-refractivity contribution >= 4 is 46.4 Å². The largest absolute Gasteiger partial charge is 1.00 e. The van der Waals surface area contributed by atoms with Gasteiger partial charge in [-0.2, -0.15) is 0 Å². The van der Waals surface area contributed by atoms with Crippen LogP contribution in [0.25, 0.3) is 0 Å². The van der Waals surface area contributed by atoms with Gasteiger partial charge in [-0.3, -0.25) is 0 Å². The number of benzene rings is 1. The van der Waals surface area contributed by atoms with Gasteiger partial charge >= 0.3 is 0 Å². The highest BCUT2D eigenvalue weighted by atomic mass is 35.5. The summed E-state index contributed by atoms with van der Waals surface area (Å²) in [6, 6.07) is 1.45. The molecule has 80 valence electrons. The maximum atomic E-state index is 10.3. The van der Waals surface area contributed by atoms with Crippen molar-refractivity contribution in [2.24, 2.45) is 0 Å². The Morgan fingerprint density at radius 1 is 1.07 bits per heavy atom. The van der Waals surface area contributed by atoms with E-state index in [0.29, 0.717) is 21.1 Å². The summed E-state index contributed by atoms with van der Waals surface area (Å²) >= 11 is 23.1. The molecule has 0 aliphatic rings. The smallest absolute Gasteiger partial charge is 0.104 e. The summed E-state index contributed by atoms with van der Waals surface area (Å²) in [5.74, 6) is 0. The van der Waals surface area contributed by atoms with Gasteiger partial charge < -0.3 is 23.1 Å². The molecule has 0 fully saturated rings. The monoisotopic (exact) mass is 294 g/mol. The zero-order valence-corrected chi connectivity index (χ0v) is 10.4. The van der Waals surface area contributed by atoms with Gasteiger partial charge in [0.1, 0.15) is 6.54 Å². The Hall–Kier alpha value is 0.590. The number of hydrogen-bond acceptors (Lipinski definition) is 1. The SMILES string of the molecule is [Cl-].[O-][NH2+]Cc1c(Cl)c(Cl)cc(Cl)c1Cl. The van der Waals surface area contributed by atoms with E-state index in [1.807, 2.05) is 0 Å². The first kappa shape index (κ1) is 14.6. The highest BCUT2D eigenvalue weighted by Crippen LogP contribution is 2.36. The van der Waals surface area contributed by atoms with E-state index in [1.54, 1.807) is 0 Å².